The lowest BCUT2D eigenvalue weighted by atomic mass is 10.0. The first-order valence-electron chi connectivity index (χ1n) is 5.74. The number of benzene rings is 2. The van der Waals surface area contributed by atoms with Gasteiger partial charge in [-0.05, 0) is 35.4 Å². The molecule has 0 aliphatic carbocycles. The zero-order chi connectivity index (χ0) is 14.3. The van der Waals surface area contributed by atoms with Crippen LogP contribution in [0.15, 0.2) is 51.7 Å². The third-order valence-electron chi connectivity index (χ3n) is 2.94. The van der Waals surface area contributed by atoms with Gasteiger partial charge >= 0.3 is 11.9 Å². The zero-order valence-electron chi connectivity index (χ0n) is 9.99. The van der Waals surface area contributed by atoms with E-state index in [4.69, 9.17) is 4.42 Å². The first kappa shape index (κ1) is 12.5. The maximum atomic E-state index is 12.7. The number of nitrogens with one attached hydrogen (secondary N) is 1. The highest BCUT2D eigenvalue weighted by atomic mass is 19.4. The maximum absolute atomic E-state index is 12.7. The van der Waals surface area contributed by atoms with Crippen molar-refractivity contribution >= 4 is 11.1 Å². The van der Waals surface area contributed by atoms with Crippen LogP contribution in [0.1, 0.15) is 5.56 Å². The molecular weight excluding hydrogens is 271 g/mol. The van der Waals surface area contributed by atoms with Gasteiger partial charge in [0.1, 0.15) is 0 Å². The summed E-state index contributed by atoms with van der Waals surface area (Å²) in [5.41, 5.74) is 1.05. The van der Waals surface area contributed by atoms with Crippen LogP contribution in [0.4, 0.5) is 13.2 Å². The number of hydrogen-bond acceptors (Lipinski definition) is 2. The zero-order valence-corrected chi connectivity index (χ0v) is 9.99. The van der Waals surface area contributed by atoms with Crippen molar-refractivity contribution in [3.63, 3.8) is 0 Å². The van der Waals surface area contributed by atoms with Crippen LogP contribution in [0, 0.1) is 0 Å². The Morgan fingerprint density at radius 2 is 1.75 bits per heavy atom. The Balaban J connectivity index is 2.12. The minimum atomic E-state index is -4.39. The van der Waals surface area contributed by atoms with Gasteiger partial charge in [-0.1, -0.05) is 18.2 Å². The second kappa shape index (κ2) is 4.26. The van der Waals surface area contributed by atoms with Crippen molar-refractivity contribution < 1.29 is 17.6 Å². The van der Waals surface area contributed by atoms with Crippen LogP contribution in [0.25, 0.3) is 22.2 Å². The summed E-state index contributed by atoms with van der Waals surface area (Å²) in [6.07, 6.45) is -4.39. The third kappa shape index (κ3) is 2.20. The van der Waals surface area contributed by atoms with E-state index in [-0.39, 0.29) is 0 Å². The van der Waals surface area contributed by atoms with Crippen molar-refractivity contribution in [1.82, 2.24) is 4.98 Å². The molecule has 102 valence electrons. The molecular formula is C14H8F3NO2. The minimum absolute atomic E-state index is 0.310. The number of halogens is 3. The fraction of sp³-hybridized carbons (Fsp3) is 0.0714. The molecule has 1 heterocycles. The van der Waals surface area contributed by atoms with Crippen LogP contribution in [0.3, 0.4) is 0 Å². The second-order valence-electron chi connectivity index (χ2n) is 4.30. The van der Waals surface area contributed by atoms with E-state index in [1.807, 2.05) is 0 Å². The fourth-order valence-corrected chi connectivity index (χ4v) is 2.00. The third-order valence-corrected chi connectivity index (χ3v) is 2.94. The quantitative estimate of drug-likeness (QED) is 0.736. The van der Waals surface area contributed by atoms with Gasteiger partial charge in [0.25, 0.3) is 0 Å². The molecule has 0 fully saturated rings. The van der Waals surface area contributed by atoms with Crippen molar-refractivity contribution in [3.8, 4) is 11.1 Å². The average molecular weight is 279 g/mol. The molecule has 20 heavy (non-hydrogen) atoms. The average Bonchev–Trinajstić information content (AvgIpc) is 2.77. The largest absolute Gasteiger partial charge is 0.417 e. The van der Waals surface area contributed by atoms with E-state index in [2.05, 4.69) is 4.98 Å². The Morgan fingerprint density at radius 3 is 2.50 bits per heavy atom. The molecule has 0 saturated heterocycles. The Kier molecular flexibility index (Phi) is 2.67. The summed E-state index contributed by atoms with van der Waals surface area (Å²) < 4.78 is 42.9. The minimum Gasteiger partial charge on any atom is -0.408 e. The Labute approximate surface area is 110 Å². The molecule has 0 radical (unpaired) electrons. The number of alkyl halides is 3. The van der Waals surface area contributed by atoms with E-state index in [1.54, 1.807) is 18.2 Å². The van der Waals surface area contributed by atoms with E-state index >= 15 is 0 Å². The molecule has 1 N–H and O–H groups in total. The summed E-state index contributed by atoms with van der Waals surface area (Å²) >= 11 is 0. The van der Waals surface area contributed by atoms with Crippen LogP contribution < -0.4 is 5.76 Å². The summed E-state index contributed by atoms with van der Waals surface area (Å²) in [4.78, 5) is 13.5. The molecule has 3 nitrogen and oxygen atoms in total. The number of hydrogen-bond donors (Lipinski definition) is 1. The van der Waals surface area contributed by atoms with Gasteiger partial charge < -0.3 is 4.42 Å². The lowest BCUT2D eigenvalue weighted by molar-refractivity contribution is -0.137. The second-order valence-corrected chi connectivity index (χ2v) is 4.30. The standard InChI is InChI=1S/C14H8F3NO2/c15-14(16,17)10-3-1-2-8(6-10)9-4-5-11-12(7-9)20-13(19)18-11/h1-7H,(H,18,19). The first-order chi connectivity index (χ1) is 9.43. The van der Waals surface area contributed by atoms with Crippen molar-refractivity contribution in [2.45, 2.75) is 6.18 Å². The molecule has 0 unspecified atom stereocenters. The number of rotatable bonds is 1. The highest BCUT2D eigenvalue weighted by Gasteiger charge is 2.30. The molecule has 2 aromatic carbocycles. The van der Waals surface area contributed by atoms with Crippen LogP contribution in [-0.2, 0) is 6.18 Å². The van der Waals surface area contributed by atoms with Crippen LogP contribution in [0.5, 0.6) is 0 Å². The van der Waals surface area contributed by atoms with Crippen molar-refractivity contribution in [3.05, 3.63) is 58.6 Å². The van der Waals surface area contributed by atoms with E-state index in [9.17, 15) is 18.0 Å². The van der Waals surface area contributed by atoms with Gasteiger partial charge in [0.15, 0.2) is 5.58 Å². The fourth-order valence-electron chi connectivity index (χ4n) is 2.00. The van der Waals surface area contributed by atoms with Crippen molar-refractivity contribution in [2.24, 2.45) is 0 Å². The molecule has 3 rings (SSSR count). The lowest BCUT2D eigenvalue weighted by Gasteiger charge is -2.08. The normalized spacial score (nSPS) is 11.9. The molecule has 0 bridgehead atoms. The SMILES string of the molecule is O=c1[nH]c2ccc(-c3cccc(C(F)(F)F)c3)cc2o1. The Bertz CT molecular complexity index is 830. The van der Waals surface area contributed by atoms with Gasteiger partial charge in [-0.15, -0.1) is 0 Å². The van der Waals surface area contributed by atoms with Crippen LogP contribution in [-0.4, -0.2) is 4.98 Å². The van der Waals surface area contributed by atoms with Crippen LogP contribution in [0.2, 0.25) is 0 Å². The summed E-state index contributed by atoms with van der Waals surface area (Å²) in [7, 11) is 0. The molecule has 0 spiro atoms. The summed E-state index contributed by atoms with van der Waals surface area (Å²) in [5, 5.41) is 0. The van der Waals surface area contributed by atoms with Gasteiger partial charge in [-0.25, -0.2) is 4.79 Å². The predicted molar refractivity (Wildman–Crippen MR) is 67.3 cm³/mol. The van der Waals surface area contributed by atoms with Gasteiger partial charge in [0.05, 0.1) is 11.1 Å². The highest BCUT2D eigenvalue weighted by Crippen LogP contribution is 2.32. The van der Waals surface area contributed by atoms with Gasteiger partial charge in [0.2, 0.25) is 0 Å². The lowest BCUT2D eigenvalue weighted by Crippen LogP contribution is -2.04. The summed E-state index contributed by atoms with van der Waals surface area (Å²) in [6, 6.07) is 9.74. The number of aromatic amines is 1. The Morgan fingerprint density at radius 1 is 1.00 bits per heavy atom. The highest BCUT2D eigenvalue weighted by molar-refractivity contribution is 5.80. The topological polar surface area (TPSA) is 46.0 Å². The smallest absolute Gasteiger partial charge is 0.408 e. The number of fused-ring (bicyclic) bond motifs is 1. The summed E-state index contributed by atoms with van der Waals surface area (Å²) in [5.74, 6) is -0.596. The van der Waals surface area contributed by atoms with Crippen molar-refractivity contribution in [2.75, 3.05) is 0 Å². The molecule has 1 aromatic heterocycles. The molecule has 6 heteroatoms. The number of oxazole rings is 1. The van der Waals surface area contributed by atoms with E-state index in [0.717, 1.165) is 12.1 Å². The molecule has 0 amide bonds. The van der Waals surface area contributed by atoms with Gasteiger partial charge in [-0.3, -0.25) is 4.98 Å². The molecule has 0 saturated carbocycles. The van der Waals surface area contributed by atoms with E-state index in [1.165, 1.54) is 12.1 Å². The van der Waals surface area contributed by atoms with E-state index in [0.29, 0.717) is 22.2 Å². The monoisotopic (exact) mass is 279 g/mol. The van der Waals surface area contributed by atoms with Crippen LogP contribution >= 0.6 is 0 Å². The summed E-state index contributed by atoms with van der Waals surface area (Å²) in [6.45, 7) is 0. The predicted octanol–water partition coefficient (Wildman–Crippen LogP) is 3.81. The molecule has 0 aliphatic heterocycles. The van der Waals surface area contributed by atoms with Gasteiger partial charge in [-0.2, -0.15) is 13.2 Å². The Hall–Kier alpha value is -2.50. The van der Waals surface area contributed by atoms with Crippen molar-refractivity contribution in [1.29, 1.82) is 0 Å². The van der Waals surface area contributed by atoms with E-state index < -0.39 is 17.5 Å². The first-order valence-corrected chi connectivity index (χ1v) is 5.74. The maximum Gasteiger partial charge on any atom is 0.417 e. The van der Waals surface area contributed by atoms with Gasteiger partial charge in [0, 0.05) is 0 Å². The molecule has 3 aromatic rings. The molecule has 0 aliphatic rings. The molecule has 0 atom stereocenters. The number of aromatic nitrogens is 1. The number of H-pyrrole nitrogens is 1.